The fourth-order valence-electron chi connectivity index (χ4n) is 4.57. The van der Waals surface area contributed by atoms with Gasteiger partial charge in [0.2, 0.25) is 5.88 Å². The fraction of sp³-hybridized carbons (Fsp3) is 0.103. The van der Waals surface area contributed by atoms with Crippen molar-refractivity contribution < 1.29 is 24.0 Å². The van der Waals surface area contributed by atoms with Crippen molar-refractivity contribution in [1.82, 2.24) is 5.32 Å². The molecule has 1 aliphatic heterocycles. The summed E-state index contributed by atoms with van der Waals surface area (Å²) in [4.78, 5) is 37.4. The fourth-order valence-corrected chi connectivity index (χ4v) is 4.77. The predicted molar refractivity (Wildman–Crippen MR) is 142 cm³/mol. The van der Waals surface area contributed by atoms with Crippen LogP contribution < -0.4 is 10.1 Å². The Labute approximate surface area is 222 Å². The maximum Gasteiger partial charge on any atom is 0.340 e. The number of benzene rings is 4. The first kappa shape index (κ1) is 25.0. The first-order valence-electron chi connectivity index (χ1n) is 11.8. The molecule has 0 bridgehead atoms. The highest BCUT2D eigenvalue weighted by atomic mass is 35.5. The summed E-state index contributed by atoms with van der Waals surface area (Å²) in [6.07, 6.45) is 0. The summed E-state index contributed by atoms with van der Waals surface area (Å²) in [6.45, 7) is 1.79. The number of hydrogen-bond donors (Lipinski definition) is 1. The van der Waals surface area contributed by atoms with Crippen LogP contribution in [0.5, 0.6) is 5.75 Å². The van der Waals surface area contributed by atoms with Crippen molar-refractivity contribution in [2.75, 3.05) is 6.61 Å². The number of non-ortho nitro benzene ring substituents is 1. The van der Waals surface area contributed by atoms with Crippen LogP contribution in [0, 0.1) is 10.1 Å². The second kappa shape index (κ2) is 10.4. The molecule has 1 heterocycles. The van der Waals surface area contributed by atoms with Crippen LogP contribution in [0.1, 0.15) is 34.3 Å². The number of ether oxygens (including phenoxy) is 2. The molecule has 0 saturated heterocycles. The highest BCUT2D eigenvalue weighted by Gasteiger charge is 2.38. The maximum atomic E-state index is 13.4. The van der Waals surface area contributed by atoms with Crippen LogP contribution in [0.3, 0.4) is 0 Å². The number of esters is 1. The van der Waals surface area contributed by atoms with Gasteiger partial charge in [-0.2, -0.15) is 0 Å². The monoisotopic (exact) mass is 528 g/mol. The van der Waals surface area contributed by atoms with Crippen LogP contribution in [0.15, 0.2) is 96.4 Å². The van der Waals surface area contributed by atoms with Crippen molar-refractivity contribution in [3.63, 3.8) is 0 Å². The lowest BCUT2D eigenvalue weighted by Crippen LogP contribution is -2.34. The van der Waals surface area contributed by atoms with E-state index in [9.17, 15) is 19.7 Å². The van der Waals surface area contributed by atoms with E-state index in [1.54, 1.807) is 13.0 Å². The van der Waals surface area contributed by atoms with Crippen molar-refractivity contribution in [2.45, 2.75) is 12.8 Å². The zero-order chi connectivity index (χ0) is 26.8. The van der Waals surface area contributed by atoms with Crippen LogP contribution in [-0.4, -0.2) is 23.4 Å². The van der Waals surface area contributed by atoms with Crippen LogP contribution >= 0.6 is 11.6 Å². The number of carbonyl (C=O) groups is 2. The zero-order valence-electron chi connectivity index (χ0n) is 20.1. The van der Waals surface area contributed by atoms with E-state index in [4.69, 9.17) is 21.1 Å². The normalized spacial score (nSPS) is 14.4. The molecule has 0 aromatic heterocycles. The molecule has 4 aromatic carbocycles. The first-order valence-corrected chi connectivity index (χ1v) is 12.2. The third-order valence-electron chi connectivity index (χ3n) is 6.23. The second-order valence-electron chi connectivity index (χ2n) is 8.48. The van der Waals surface area contributed by atoms with Gasteiger partial charge in [0.25, 0.3) is 11.6 Å². The Morgan fingerprint density at radius 2 is 1.76 bits per heavy atom. The molecular formula is C29H21ClN2O6. The van der Waals surface area contributed by atoms with Crippen molar-refractivity contribution in [3.8, 4) is 5.75 Å². The van der Waals surface area contributed by atoms with Crippen LogP contribution in [0.2, 0.25) is 5.02 Å². The summed E-state index contributed by atoms with van der Waals surface area (Å²) in [5.41, 5.74) is 1.19. The molecule has 9 heteroatoms. The number of halogens is 1. The Morgan fingerprint density at radius 3 is 2.50 bits per heavy atom. The van der Waals surface area contributed by atoms with Gasteiger partial charge in [0.15, 0.2) is 0 Å². The van der Waals surface area contributed by atoms with E-state index in [0.717, 1.165) is 28.0 Å². The third-order valence-corrected chi connectivity index (χ3v) is 6.55. The van der Waals surface area contributed by atoms with Gasteiger partial charge in [-0.3, -0.25) is 20.2 Å². The van der Waals surface area contributed by atoms with Gasteiger partial charge in [-0.25, -0.2) is 4.79 Å². The van der Waals surface area contributed by atoms with E-state index >= 15 is 0 Å². The molecular weight excluding hydrogens is 508 g/mol. The Kier molecular flexibility index (Phi) is 6.81. The summed E-state index contributed by atoms with van der Waals surface area (Å²) < 4.78 is 11.6. The number of nitro groups is 1. The van der Waals surface area contributed by atoms with Gasteiger partial charge in [0, 0.05) is 17.7 Å². The molecule has 190 valence electrons. The van der Waals surface area contributed by atoms with Gasteiger partial charge in [0.05, 0.1) is 28.0 Å². The van der Waals surface area contributed by atoms with E-state index < -0.39 is 22.7 Å². The molecule has 38 heavy (non-hydrogen) atoms. The molecule has 1 unspecified atom stereocenters. The van der Waals surface area contributed by atoms with Crippen LogP contribution in [-0.2, 0) is 9.53 Å². The minimum atomic E-state index is -0.772. The minimum absolute atomic E-state index is 0.00759. The topological polar surface area (TPSA) is 108 Å². The van der Waals surface area contributed by atoms with Crippen LogP contribution in [0.25, 0.3) is 10.8 Å². The zero-order valence-corrected chi connectivity index (χ0v) is 20.9. The average molecular weight is 529 g/mol. The average Bonchev–Trinajstić information content (AvgIpc) is 2.92. The molecule has 5 rings (SSSR count). The SMILES string of the molecule is CCOC(=O)C1=C(NC(=O)c2cc([N+](=O)[O-])ccc2Cl)Oc2ccc3ccccc3c2C1c1ccccc1. The second-order valence-corrected chi connectivity index (χ2v) is 8.89. The summed E-state index contributed by atoms with van der Waals surface area (Å²) in [7, 11) is 0. The highest BCUT2D eigenvalue weighted by molar-refractivity contribution is 6.34. The van der Waals surface area contributed by atoms with Crippen molar-refractivity contribution in [2.24, 2.45) is 0 Å². The molecule has 8 nitrogen and oxygen atoms in total. The summed E-state index contributed by atoms with van der Waals surface area (Å²) in [5.74, 6) is -1.76. The highest BCUT2D eigenvalue weighted by Crippen LogP contribution is 2.46. The standard InChI is InChI=1S/C29H21ClN2O6/c1-2-37-29(34)26-24(18-9-4-3-5-10-18)25-20-11-7-6-8-17(20)12-15-23(25)38-28(26)31-27(33)21-16-19(32(35)36)13-14-22(21)30/h3-16,24H,2H2,1H3,(H,31,33). The number of carbonyl (C=O) groups excluding carboxylic acids is 2. The first-order chi connectivity index (χ1) is 18.4. The number of nitrogens with zero attached hydrogens (tertiary/aromatic N) is 1. The lowest BCUT2D eigenvalue weighted by molar-refractivity contribution is -0.384. The lowest BCUT2D eigenvalue weighted by Gasteiger charge is -2.31. The van der Waals surface area contributed by atoms with Gasteiger partial charge >= 0.3 is 5.97 Å². The summed E-state index contributed by atoms with van der Waals surface area (Å²) >= 11 is 6.20. The lowest BCUT2D eigenvalue weighted by atomic mass is 9.80. The number of nitro benzene ring substituents is 1. The predicted octanol–water partition coefficient (Wildman–Crippen LogP) is 6.13. The Balaban J connectivity index is 1.71. The van der Waals surface area contributed by atoms with E-state index in [0.29, 0.717) is 5.75 Å². The molecule has 0 aliphatic carbocycles. The van der Waals surface area contributed by atoms with E-state index in [2.05, 4.69) is 5.32 Å². The van der Waals surface area contributed by atoms with Crippen molar-refractivity contribution in [1.29, 1.82) is 0 Å². The van der Waals surface area contributed by atoms with E-state index in [-0.39, 0.29) is 34.3 Å². The van der Waals surface area contributed by atoms with Gasteiger partial charge < -0.3 is 9.47 Å². The summed E-state index contributed by atoms with van der Waals surface area (Å²) in [5, 5.41) is 15.7. The van der Waals surface area contributed by atoms with Crippen molar-refractivity contribution in [3.05, 3.63) is 128 Å². The smallest absolute Gasteiger partial charge is 0.340 e. The summed E-state index contributed by atoms with van der Waals surface area (Å²) in [6, 6.07) is 24.3. The van der Waals surface area contributed by atoms with Gasteiger partial charge in [-0.15, -0.1) is 0 Å². The molecule has 0 spiro atoms. The number of fused-ring (bicyclic) bond motifs is 3. The maximum absolute atomic E-state index is 13.4. The van der Waals surface area contributed by atoms with Gasteiger partial charge in [0.1, 0.15) is 11.3 Å². The Bertz CT molecular complexity index is 1620. The van der Waals surface area contributed by atoms with Crippen LogP contribution in [0.4, 0.5) is 5.69 Å². The van der Waals surface area contributed by atoms with E-state index in [1.807, 2.05) is 60.7 Å². The van der Waals surface area contributed by atoms with Crippen molar-refractivity contribution >= 4 is 39.9 Å². The number of hydrogen-bond acceptors (Lipinski definition) is 6. The molecule has 0 fully saturated rings. The number of nitrogens with one attached hydrogen (secondary N) is 1. The largest absolute Gasteiger partial charge is 0.462 e. The molecule has 1 amide bonds. The molecule has 1 atom stereocenters. The minimum Gasteiger partial charge on any atom is -0.462 e. The molecule has 0 radical (unpaired) electrons. The van der Waals surface area contributed by atoms with Gasteiger partial charge in [-0.05, 0) is 35.4 Å². The molecule has 1 N–H and O–H groups in total. The Morgan fingerprint density at radius 1 is 1.03 bits per heavy atom. The third kappa shape index (κ3) is 4.57. The molecule has 4 aromatic rings. The quantitative estimate of drug-likeness (QED) is 0.183. The van der Waals surface area contributed by atoms with E-state index in [1.165, 1.54) is 12.1 Å². The number of amides is 1. The molecule has 1 aliphatic rings. The van der Waals surface area contributed by atoms with Gasteiger partial charge in [-0.1, -0.05) is 72.3 Å². The molecule has 0 saturated carbocycles. The Hall–Kier alpha value is -4.69. The number of rotatable bonds is 6.